The number of hydrazine groups is 1. The molecule has 1 aliphatic rings. The summed E-state index contributed by atoms with van der Waals surface area (Å²) in [6, 6.07) is 5.62. The molecule has 0 spiro atoms. The quantitative estimate of drug-likeness (QED) is 0.442. The predicted octanol–water partition coefficient (Wildman–Crippen LogP) is 1.15. The summed E-state index contributed by atoms with van der Waals surface area (Å²) in [6.45, 7) is 4.87. The summed E-state index contributed by atoms with van der Waals surface area (Å²) >= 11 is 0. The van der Waals surface area contributed by atoms with Gasteiger partial charge in [-0.15, -0.1) is 6.58 Å². The molecular formula is C11H14N2O2. The van der Waals surface area contributed by atoms with Gasteiger partial charge in [-0.25, -0.2) is 5.43 Å². The lowest BCUT2D eigenvalue weighted by atomic mass is 10.1. The molecule has 1 aromatic carbocycles. The minimum absolute atomic E-state index is 0.123. The first-order valence-corrected chi connectivity index (χ1v) is 4.84. The normalized spacial score (nSPS) is 15.8. The van der Waals surface area contributed by atoms with E-state index in [0.29, 0.717) is 13.2 Å². The molecule has 0 aliphatic carbocycles. The Morgan fingerprint density at radius 1 is 1.40 bits per heavy atom. The third-order valence-electron chi connectivity index (χ3n) is 2.35. The molecule has 1 unspecified atom stereocenters. The highest BCUT2D eigenvalue weighted by atomic mass is 16.6. The molecule has 0 saturated carbocycles. The van der Waals surface area contributed by atoms with Crippen LogP contribution in [0.5, 0.6) is 11.5 Å². The summed E-state index contributed by atoms with van der Waals surface area (Å²) in [5.41, 5.74) is 3.61. The Morgan fingerprint density at radius 3 is 2.93 bits per heavy atom. The lowest BCUT2D eigenvalue weighted by Gasteiger charge is -2.23. The highest BCUT2D eigenvalue weighted by Gasteiger charge is 2.19. The van der Waals surface area contributed by atoms with Gasteiger partial charge in [0, 0.05) is 5.56 Å². The number of ether oxygens (including phenoxy) is 2. The fourth-order valence-corrected chi connectivity index (χ4v) is 1.63. The van der Waals surface area contributed by atoms with Crippen molar-refractivity contribution in [2.75, 3.05) is 13.2 Å². The van der Waals surface area contributed by atoms with Gasteiger partial charge in [0.15, 0.2) is 11.5 Å². The van der Waals surface area contributed by atoms with Gasteiger partial charge < -0.3 is 9.47 Å². The molecule has 0 amide bonds. The first kappa shape index (κ1) is 10.0. The molecule has 80 valence electrons. The van der Waals surface area contributed by atoms with E-state index in [1.807, 2.05) is 18.2 Å². The number of nitrogens with one attached hydrogen (secondary N) is 1. The van der Waals surface area contributed by atoms with Gasteiger partial charge in [-0.1, -0.05) is 18.2 Å². The number of fused-ring (bicyclic) bond motifs is 1. The van der Waals surface area contributed by atoms with E-state index in [1.165, 1.54) is 0 Å². The molecule has 2 rings (SSSR count). The molecule has 0 bridgehead atoms. The number of para-hydroxylation sites is 1. The van der Waals surface area contributed by atoms with Crippen molar-refractivity contribution in [2.24, 2.45) is 5.84 Å². The average Bonchev–Trinajstić information content (AvgIpc) is 2.31. The van der Waals surface area contributed by atoms with Crippen LogP contribution in [0, 0.1) is 0 Å². The summed E-state index contributed by atoms with van der Waals surface area (Å²) in [7, 11) is 0. The lowest BCUT2D eigenvalue weighted by molar-refractivity contribution is 0.169. The molecule has 1 atom stereocenters. The van der Waals surface area contributed by atoms with Crippen LogP contribution in [0.15, 0.2) is 30.9 Å². The van der Waals surface area contributed by atoms with Crippen molar-refractivity contribution in [3.8, 4) is 11.5 Å². The number of nitrogens with two attached hydrogens (primary N) is 1. The first-order chi connectivity index (χ1) is 7.36. The fourth-order valence-electron chi connectivity index (χ4n) is 1.63. The summed E-state index contributed by atoms with van der Waals surface area (Å²) in [5, 5.41) is 0. The number of rotatable bonds is 3. The van der Waals surface area contributed by atoms with Gasteiger partial charge in [-0.05, 0) is 6.07 Å². The molecule has 1 heterocycles. The molecule has 0 fully saturated rings. The van der Waals surface area contributed by atoms with Gasteiger partial charge in [0.05, 0.1) is 6.04 Å². The highest BCUT2D eigenvalue weighted by molar-refractivity contribution is 5.49. The zero-order valence-electron chi connectivity index (χ0n) is 8.40. The molecule has 0 aromatic heterocycles. The third-order valence-corrected chi connectivity index (χ3v) is 2.35. The van der Waals surface area contributed by atoms with Crippen LogP contribution in [0.4, 0.5) is 0 Å². The van der Waals surface area contributed by atoms with Gasteiger partial charge >= 0.3 is 0 Å². The van der Waals surface area contributed by atoms with Crippen molar-refractivity contribution in [1.29, 1.82) is 0 Å². The zero-order valence-corrected chi connectivity index (χ0v) is 8.40. The van der Waals surface area contributed by atoms with Gasteiger partial charge in [0.1, 0.15) is 13.2 Å². The average molecular weight is 206 g/mol. The molecule has 1 aromatic rings. The van der Waals surface area contributed by atoms with E-state index in [4.69, 9.17) is 15.3 Å². The zero-order chi connectivity index (χ0) is 10.7. The minimum atomic E-state index is -0.123. The Labute approximate surface area is 88.6 Å². The van der Waals surface area contributed by atoms with Crippen molar-refractivity contribution in [3.05, 3.63) is 36.4 Å². The largest absolute Gasteiger partial charge is 0.486 e. The van der Waals surface area contributed by atoms with Crippen LogP contribution < -0.4 is 20.7 Å². The van der Waals surface area contributed by atoms with Crippen molar-refractivity contribution in [3.63, 3.8) is 0 Å². The monoisotopic (exact) mass is 206 g/mol. The topological polar surface area (TPSA) is 56.5 Å². The second-order valence-corrected chi connectivity index (χ2v) is 3.25. The maximum Gasteiger partial charge on any atom is 0.166 e. The molecular weight excluding hydrogens is 192 g/mol. The predicted molar refractivity (Wildman–Crippen MR) is 57.7 cm³/mol. The second kappa shape index (κ2) is 4.33. The molecule has 0 saturated heterocycles. The van der Waals surface area contributed by atoms with Crippen LogP contribution in [0.1, 0.15) is 11.6 Å². The molecule has 0 radical (unpaired) electrons. The summed E-state index contributed by atoms with van der Waals surface area (Å²) in [4.78, 5) is 0. The molecule has 15 heavy (non-hydrogen) atoms. The van der Waals surface area contributed by atoms with Crippen LogP contribution in [-0.2, 0) is 0 Å². The highest BCUT2D eigenvalue weighted by Crippen LogP contribution is 2.36. The van der Waals surface area contributed by atoms with E-state index in [2.05, 4.69) is 12.0 Å². The number of benzene rings is 1. The maximum atomic E-state index is 5.57. The lowest BCUT2D eigenvalue weighted by Crippen LogP contribution is -2.27. The standard InChI is InChI=1S/C11H14N2O2/c1-2-9(13-12)8-4-3-5-10-11(8)15-7-6-14-10/h2-5,9,13H,1,6-7,12H2. The van der Waals surface area contributed by atoms with Crippen molar-refractivity contribution < 1.29 is 9.47 Å². The molecule has 4 heteroatoms. The summed E-state index contributed by atoms with van der Waals surface area (Å²) in [5.74, 6) is 6.95. The number of hydrogen-bond acceptors (Lipinski definition) is 4. The molecule has 4 nitrogen and oxygen atoms in total. The van der Waals surface area contributed by atoms with Crippen LogP contribution in [-0.4, -0.2) is 13.2 Å². The summed E-state index contributed by atoms with van der Waals surface area (Å²) < 4.78 is 11.0. The van der Waals surface area contributed by atoms with Crippen molar-refractivity contribution in [2.45, 2.75) is 6.04 Å². The van der Waals surface area contributed by atoms with Crippen LogP contribution in [0.2, 0.25) is 0 Å². The van der Waals surface area contributed by atoms with Gasteiger partial charge in [-0.2, -0.15) is 0 Å². The van der Waals surface area contributed by atoms with Gasteiger partial charge in [0.25, 0.3) is 0 Å². The SMILES string of the molecule is C=CC(NN)c1cccc2c1OCCO2. The Balaban J connectivity index is 2.42. The van der Waals surface area contributed by atoms with E-state index in [9.17, 15) is 0 Å². The third kappa shape index (κ3) is 1.82. The van der Waals surface area contributed by atoms with E-state index in [1.54, 1.807) is 6.08 Å². The van der Waals surface area contributed by atoms with Crippen molar-refractivity contribution in [1.82, 2.24) is 5.43 Å². The Kier molecular flexibility index (Phi) is 2.89. The fraction of sp³-hybridized carbons (Fsp3) is 0.273. The number of hydrogen-bond donors (Lipinski definition) is 2. The van der Waals surface area contributed by atoms with Gasteiger partial charge in [-0.3, -0.25) is 5.84 Å². The van der Waals surface area contributed by atoms with E-state index < -0.39 is 0 Å². The second-order valence-electron chi connectivity index (χ2n) is 3.25. The maximum absolute atomic E-state index is 5.57. The van der Waals surface area contributed by atoms with Gasteiger partial charge in [0.2, 0.25) is 0 Å². The van der Waals surface area contributed by atoms with E-state index in [0.717, 1.165) is 17.1 Å². The first-order valence-electron chi connectivity index (χ1n) is 4.84. The Bertz CT molecular complexity index is 366. The molecule has 1 aliphatic heterocycles. The van der Waals surface area contributed by atoms with Crippen LogP contribution in [0.25, 0.3) is 0 Å². The van der Waals surface area contributed by atoms with Crippen LogP contribution >= 0.6 is 0 Å². The minimum Gasteiger partial charge on any atom is -0.486 e. The van der Waals surface area contributed by atoms with Crippen LogP contribution in [0.3, 0.4) is 0 Å². The molecule has 3 N–H and O–H groups in total. The Hall–Kier alpha value is -1.52. The Morgan fingerprint density at radius 2 is 2.20 bits per heavy atom. The van der Waals surface area contributed by atoms with E-state index >= 15 is 0 Å². The summed E-state index contributed by atoms with van der Waals surface area (Å²) in [6.07, 6.45) is 1.73. The van der Waals surface area contributed by atoms with Crippen molar-refractivity contribution >= 4 is 0 Å². The smallest absolute Gasteiger partial charge is 0.166 e. The van der Waals surface area contributed by atoms with E-state index in [-0.39, 0.29) is 6.04 Å².